The predicted octanol–water partition coefficient (Wildman–Crippen LogP) is 4.38. The van der Waals surface area contributed by atoms with Crippen LogP contribution < -0.4 is 10.0 Å². The van der Waals surface area contributed by atoms with Gasteiger partial charge in [-0.3, -0.25) is 9.52 Å². The average Bonchev–Trinajstić information content (AvgIpc) is 3.49. The number of nitrogens with one attached hydrogen (secondary N) is 2. The molecule has 0 aliphatic rings. The summed E-state index contributed by atoms with van der Waals surface area (Å²) in [5.74, 6) is -0.193. The van der Waals surface area contributed by atoms with Gasteiger partial charge < -0.3 is 9.88 Å². The van der Waals surface area contributed by atoms with Crippen molar-refractivity contribution in [3.63, 3.8) is 0 Å². The molecule has 0 fully saturated rings. The number of rotatable bonds is 9. The summed E-state index contributed by atoms with van der Waals surface area (Å²) in [7, 11) is -3.75. The number of fused-ring (bicyclic) bond motifs is 3. The molecule has 5 aromatic rings. The molecule has 2 N–H and O–H groups in total. The number of thiazole rings is 1. The third-order valence-corrected chi connectivity index (χ3v) is 8.25. The largest absolute Gasteiger partial charge is 0.325 e. The van der Waals surface area contributed by atoms with Gasteiger partial charge in [0.25, 0.3) is 10.0 Å². The Morgan fingerprint density at radius 2 is 1.92 bits per heavy atom. The van der Waals surface area contributed by atoms with E-state index in [2.05, 4.69) is 41.7 Å². The van der Waals surface area contributed by atoms with Crippen molar-refractivity contribution in [2.75, 3.05) is 15.8 Å². The first-order valence-corrected chi connectivity index (χ1v) is 14.4. The summed E-state index contributed by atoms with van der Waals surface area (Å²) in [4.78, 5) is 21.2. The van der Waals surface area contributed by atoms with Crippen LogP contribution in [-0.2, 0) is 21.4 Å². The lowest BCUT2D eigenvalue weighted by molar-refractivity contribution is -0.113. The number of aromatic nitrogens is 5. The zero-order valence-electron chi connectivity index (χ0n) is 19.1. The van der Waals surface area contributed by atoms with Crippen molar-refractivity contribution in [1.29, 1.82) is 0 Å². The Balaban J connectivity index is 1.25. The SMILES string of the molecule is CCCn1c2ccccc2c2nnc(SCC(=O)Nc3ccc(S(=O)(=O)Nc4nccs4)cc3)nc21. The molecular weight excluding hydrogens is 519 g/mol. The van der Waals surface area contributed by atoms with Crippen molar-refractivity contribution in [2.24, 2.45) is 0 Å². The van der Waals surface area contributed by atoms with Gasteiger partial charge in [0.15, 0.2) is 10.8 Å². The number of anilines is 2. The van der Waals surface area contributed by atoms with E-state index in [9.17, 15) is 13.2 Å². The van der Waals surface area contributed by atoms with E-state index in [4.69, 9.17) is 0 Å². The molecule has 2 aromatic carbocycles. The molecule has 0 saturated carbocycles. The monoisotopic (exact) mass is 539 g/mol. The molecule has 3 aromatic heterocycles. The van der Waals surface area contributed by atoms with E-state index in [0.29, 0.717) is 10.8 Å². The Morgan fingerprint density at radius 3 is 2.67 bits per heavy atom. The molecule has 0 aliphatic carbocycles. The van der Waals surface area contributed by atoms with Gasteiger partial charge in [-0.15, -0.1) is 21.5 Å². The molecular formula is C23H21N7O3S3. The van der Waals surface area contributed by atoms with Crippen molar-refractivity contribution in [3.8, 4) is 0 Å². The molecule has 0 spiro atoms. The first-order chi connectivity index (χ1) is 17.4. The normalized spacial score (nSPS) is 11.7. The maximum absolute atomic E-state index is 12.5. The molecule has 0 aliphatic heterocycles. The summed E-state index contributed by atoms with van der Waals surface area (Å²) in [6, 6.07) is 13.9. The lowest BCUT2D eigenvalue weighted by Crippen LogP contribution is -2.15. The number of para-hydroxylation sites is 1. The van der Waals surface area contributed by atoms with Gasteiger partial charge in [0.1, 0.15) is 5.52 Å². The van der Waals surface area contributed by atoms with Crippen LogP contribution in [0.4, 0.5) is 10.8 Å². The van der Waals surface area contributed by atoms with Crippen LogP contribution in [-0.4, -0.2) is 44.8 Å². The number of hydrogen-bond donors (Lipinski definition) is 2. The van der Waals surface area contributed by atoms with Gasteiger partial charge in [-0.2, -0.15) is 0 Å². The number of carbonyl (C=O) groups is 1. The van der Waals surface area contributed by atoms with E-state index < -0.39 is 10.0 Å². The third kappa shape index (κ3) is 5.03. The number of carbonyl (C=O) groups excluding carboxylic acids is 1. The molecule has 1 amide bonds. The predicted molar refractivity (Wildman–Crippen MR) is 142 cm³/mol. The quantitative estimate of drug-likeness (QED) is 0.264. The summed E-state index contributed by atoms with van der Waals surface area (Å²) in [5, 5.41) is 14.7. The number of thioether (sulfide) groups is 1. The van der Waals surface area contributed by atoms with Crippen molar-refractivity contribution < 1.29 is 13.2 Å². The van der Waals surface area contributed by atoms with Crippen molar-refractivity contribution in [1.82, 2.24) is 24.7 Å². The minimum Gasteiger partial charge on any atom is -0.325 e. The second-order valence-electron chi connectivity index (χ2n) is 7.74. The second kappa shape index (κ2) is 10.2. The summed E-state index contributed by atoms with van der Waals surface area (Å²) in [6.07, 6.45) is 2.47. The number of amides is 1. The van der Waals surface area contributed by atoms with Gasteiger partial charge in [-0.05, 0) is 36.8 Å². The van der Waals surface area contributed by atoms with Gasteiger partial charge in [0, 0.05) is 29.2 Å². The molecule has 3 heterocycles. The zero-order valence-corrected chi connectivity index (χ0v) is 21.5. The number of hydrogen-bond acceptors (Lipinski definition) is 9. The van der Waals surface area contributed by atoms with Crippen LogP contribution in [0.15, 0.2) is 70.2 Å². The van der Waals surface area contributed by atoms with Crippen LogP contribution in [0, 0.1) is 0 Å². The maximum Gasteiger partial charge on any atom is 0.263 e. The van der Waals surface area contributed by atoms with Crippen LogP contribution in [0.3, 0.4) is 0 Å². The number of sulfonamides is 1. The lowest BCUT2D eigenvalue weighted by atomic mass is 10.2. The minimum atomic E-state index is -3.75. The van der Waals surface area contributed by atoms with Crippen LogP contribution in [0.1, 0.15) is 13.3 Å². The van der Waals surface area contributed by atoms with E-state index >= 15 is 0 Å². The highest BCUT2D eigenvalue weighted by Crippen LogP contribution is 2.27. The molecule has 184 valence electrons. The van der Waals surface area contributed by atoms with Gasteiger partial charge in [-0.25, -0.2) is 18.4 Å². The van der Waals surface area contributed by atoms with Gasteiger partial charge in [0.2, 0.25) is 11.1 Å². The number of aryl methyl sites for hydroxylation is 1. The van der Waals surface area contributed by atoms with E-state index in [-0.39, 0.29) is 21.7 Å². The Morgan fingerprint density at radius 1 is 1.11 bits per heavy atom. The fourth-order valence-corrected chi connectivity index (χ4v) is 6.06. The first kappa shape index (κ1) is 24.2. The molecule has 0 bridgehead atoms. The molecule has 13 heteroatoms. The Bertz CT molecular complexity index is 1630. The van der Waals surface area contributed by atoms with Crippen molar-refractivity contribution in [2.45, 2.75) is 29.9 Å². The van der Waals surface area contributed by atoms with Gasteiger partial charge in [0.05, 0.1) is 16.2 Å². The van der Waals surface area contributed by atoms with E-state index in [0.717, 1.165) is 35.0 Å². The summed E-state index contributed by atoms with van der Waals surface area (Å²) >= 11 is 2.37. The lowest BCUT2D eigenvalue weighted by Gasteiger charge is -2.08. The molecule has 0 atom stereocenters. The Hall–Kier alpha value is -3.55. The number of benzene rings is 2. The fourth-order valence-electron chi connectivity index (χ4n) is 3.69. The fraction of sp³-hybridized carbons (Fsp3) is 0.174. The summed E-state index contributed by atoms with van der Waals surface area (Å²) in [5.41, 5.74) is 3.03. The highest BCUT2D eigenvalue weighted by Gasteiger charge is 2.17. The summed E-state index contributed by atoms with van der Waals surface area (Å²) < 4.78 is 29.4. The van der Waals surface area contributed by atoms with Gasteiger partial charge >= 0.3 is 0 Å². The standard InChI is InChI=1S/C23H21N7O3S3/c1-2-12-30-18-6-4-3-5-17(18)20-21(30)26-23(28-27-20)35-14-19(31)25-15-7-9-16(10-8-15)36(32,33)29-22-24-11-13-34-22/h3-11,13H,2,12,14H2,1H3,(H,24,29)(H,25,31). The minimum absolute atomic E-state index is 0.0697. The third-order valence-electron chi connectivity index (χ3n) is 5.24. The highest BCUT2D eigenvalue weighted by atomic mass is 32.2. The van der Waals surface area contributed by atoms with E-state index in [1.807, 2.05) is 24.3 Å². The highest BCUT2D eigenvalue weighted by molar-refractivity contribution is 7.99. The molecule has 10 nitrogen and oxygen atoms in total. The van der Waals surface area contributed by atoms with E-state index in [1.54, 1.807) is 5.38 Å². The molecule has 0 radical (unpaired) electrons. The van der Waals surface area contributed by atoms with Crippen molar-refractivity contribution in [3.05, 3.63) is 60.1 Å². The van der Waals surface area contributed by atoms with Crippen LogP contribution in [0.5, 0.6) is 0 Å². The average molecular weight is 540 g/mol. The zero-order chi connectivity index (χ0) is 25.1. The van der Waals surface area contributed by atoms with Crippen LogP contribution in [0.2, 0.25) is 0 Å². The summed E-state index contributed by atoms with van der Waals surface area (Å²) in [6.45, 7) is 2.91. The van der Waals surface area contributed by atoms with Crippen LogP contribution >= 0.6 is 23.1 Å². The Kier molecular flexibility index (Phi) is 6.85. The molecule has 0 unspecified atom stereocenters. The topological polar surface area (TPSA) is 132 Å². The van der Waals surface area contributed by atoms with Crippen LogP contribution in [0.25, 0.3) is 22.1 Å². The number of nitrogens with zero attached hydrogens (tertiary/aromatic N) is 5. The smallest absolute Gasteiger partial charge is 0.263 e. The van der Waals surface area contributed by atoms with E-state index in [1.165, 1.54) is 53.6 Å². The second-order valence-corrected chi connectivity index (χ2v) is 11.3. The molecule has 0 saturated heterocycles. The maximum atomic E-state index is 12.5. The Labute approximate surface area is 215 Å². The molecule has 5 rings (SSSR count). The molecule has 36 heavy (non-hydrogen) atoms. The van der Waals surface area contributed by atoms with Crippen molar-refractivity contribution >= 4 is 71.9 Å². The first-order valence-electron chi connectivity index (χ1n) is 11.0. The van der Waals surface area contributed by atoms with Gasteiger partial charge in [-0.1, -0.05) is 36.9 Å².